The molecule has 116 valence electrons. The number of ether oxygens (including phenoxy) is 2. The van der Waals surface area contributed by atoms with E-state index in [4.69, 9.17) is 32.7 Å². The van der Waals surface area contributed by atoms with E-state index in [1.54, 1.807) is 18.2 Å². The predicted molar refractivity (Wildman–Crippen MR) is 81.0 cm³/mol. The van der Waals surface area contributed by atoms with Crippen molar-refractivity contribution in [1.29, 1.82) is 0 Å². The summed E-state index contributed by atoms with van der Waals surface area (Å²) in [5, 5.41) is 10.1. The van der Waals surface area contributed by atoms with Gasteiger partial charge in [-0.15, -0.1) is 0 Å². The zero-order valence-electron chi connectivity index (χ0n) is 11.6. The lowest BCUT2D eigenvalue weighted by atomic mass is 9.96. The molecule has 0 radical (unpaired) electrons. The number of benzene rings is 1. The Morgan fingerprint density at radius 1 is 1.38 bits per heavy atom. The van der Waals surface area contributed by atoms with Gasteiger partial charge < -0.3 is 14.6 Å². The van der Waals surface area contributed by atoms with Gasteiger partial charge in [-0.3, -0.25) is 4.79 Å². The number of hydrogen-bond acceptors (Lipinski definition) is 3. The molecular weight excluding hydrogens is 315 g/mol. The van der Waals surface area contributed by atoms with Crippen LogP contribution in [0.5, 0.6) is 0 Å². The number of halogens is 2. The van der Waals surface area contributed by atoms with Gasteiger partial charge in [0.15, 0.2) is 6.29 Å². The van der Waals surface area contributed by atoms with E-state index in [9.17, 15) is 9.90 Å². The van der Waals surface area contributed by atoms with Gasteiger partial charge in [-0.2, -0.15) is 0 Å². The minimum Gasteiger partial charge on any atom is -0.481 e. The van der Waals surface area contributed by atoms with Crippen LogP contribution in [0.25, 0.3) is 0 Å². The summed E-state index contributed by atoms with van der Waals surface area (Å²) in [6.07, 6.45) is 3.17. The third-order valence-electron chi connectivity index (χ3n) is 3.49. The molecule has 1 heterocycles. The number of aliphatic carboxylic acids is 1. The van der Waals surface area contributed by atoms with Crippen molar-refractivity contribution >= 4 is 29.2 Å². The highest BCUT2D eigenvalue weighted by atomic mass is 35.5. The van der Waals surface area contributed by atoms with Gasteiger partial charge in [0.05, 0.1) is 22.6 Å². The molecule has 1 N–H and O–H groups in total. The number of carboxylic acids is 1. The first-order chi connectivity index (χ1) is 10.1. The first-order valence-corrected chi connectivity index (χ1v) is 7.74. The van der Waals surface area contributed by atoms with Gasteiger partial charge in [0, 0.05) is 6.61 Å². The fourth-order valence-electron chi connectivity index (χ4n) is 2.32. The number of rotatable bonds is 6. The van der Waals surface area contributed by atoms with E-state index in [1.807, 2.05) is 0 Å². The fraction of sp³-hybridized carbons (Fsp3) is 0.533. The predicted octanol–water partition coefficient (Wildman–Crippen LogP) is 4.09. The quantitative estimate of drug-likeness (QED) is 0.852. The van der Waals surface area contributed by atoms with Crippen molar-refractivity contribution < 1.29 is 19.4 Å². The van der Waals surface area contributed by atoms with Crippen LogP contribution in [0.3, 0.4) is 0 Å². The Kier molecular flexibility index (Phi) is 6.30. The van der Waals surface area contributed by atoms with Crippen LogP contribution in [-0.4, -0.2) is 30.6 Å². The highest BCUT2D eigenvalue weighted by molar-refractivity contribution is 6.42. The average molecular weight is 333 g/mol. The molecule has 1 fully saturated rings. The van der Waals surface area contributed by atoms with E-state index in [0.29, 0.717) is 35.2 Å². The lowest BCUT2D eigenvalue weighted by Gasteiger charge is -2.23. The molecule has 4 nitrogen and oxygen atoms in total. The number of carboxylic acid groups (broad SMARTS) is 1. The molecule has 2 unspecified atom stereocenters. The number of carbonyl (C=O) groups is 1. The van der Waals surface area contributed by atoms with Gasteiger partial charge in [0.2, 0.25) is 0 Å². The van der Waals surface area contributed by atoms with E-state index in [0.717, 1.165) is 19.3 Å². The molecule has 1 aliphatic heterocycles. The van der Waals surface area contributed by atoms with Crippen LogP contribution >= 0.6 is 23.2 Å². The lowest BCUT2D eigenvalue weighted by Crippen LogP contribution is -2.24. The fourth-order valence-corrected chi connectivity index (χ4v) is 2.63. The SMILES string of the molecule is O=C(O)C(CCOC1CCCCO1)c1ccc(Cl)c(Cl)c1. The summed E-state index contributed by atoms with van der Waals surface area (Å²) in [4.78, 5) is 11.4. The standard InChI is InChI=1S/C15H18Cl2O4/c16-12-5-4-10(9-13(12)17)11(15(18)19)6-8-21-14-3-1-2-7-20-14/h4-5,9,11,14H,1-3,6-8H2,(H,18,19). The van der Waals surface area contributed by atoms with Crippen molar-refractivity contribution in [2.75, 3.05) is 13.2 Å². The first kappa shape index (κ1) is 16.6. The van der Waals surface area contributed by atoms with Crippen LogP contribution in [0.15, 0.2) is 18.2 Å². The Bertz CT molecular complexity index is 487. The Labute approximate surface area is 133 Å². The Morgan fingerprint density at radius 3 is 2.81 bits per heavy atom. The minimum atomic E-state index is -0.901. The molecule has 0 aromatic heterocycles. The molecule has 1 saturated heterocycles. The van der Waals surface area contributed by atoms with Gasteiger partial charge in [0.25, 0.3) is 0 Å². The van der Waals surface area contributed by atoms with Crippen molar-refractivity contribution in [3.8, 4) is 0 Å². The summed E-state index contributed by atoms with van der Waals surface area (Å²) in [6.45, 7) is 1.04. The minimum absolute atomic E-state index is 0.206. The van der Waals surface area contributed by atoms with Crippen molar-refractivity contribution in [2.45, 2.75) is 37.9 Å². The molecule has 0 bridgehead atoms. The molecule has 2 atom stereocenters. The second-order valence-corrected chi connectivity index (χ2v) is 5.83. The zero-order valence-corrected chi connectivity index (χ0v) is 13.1. The van der Waals surface area contributed by atoms with Crippen molar-refractivity contribution in [2.24, 2.45) is 0 Å². The molecule has 21 heavy (non-hydrogen) atoms. The van der Waals surface area contributed by atoms with E-state index >= 15 is 0 Å². The molecule has 0 amide bonds. The van der Waals surface area contributed by atoms with Crippen LogP contribution in [0, 0.1) is 0 Å². The molecule has 1 aromatic carbocycles. The highest BCUT2D eigenvalue weighted by Crippen LogP contribution is 2.28. The van der Waals surface area contributed by atoms with Crippen LogP contribution < -0.4 is 0 Å². The summed E-state index contributed by atoms with van der Waals surface area (Å²) >= 11 is 11.8. The Hall–Kier alpha value is -0.810. The summed E-state index contributed by atoms with van der Waals surface area (Å²) in [6, 6.07) is 4.89. The zero-order chi connectivity index (χ0) is 15.2. The van der Waals surface area contributed by atoms with Crippen LogP contribution in [0.2, 0.25) is 10.0 Å². The smallest absolute Gasteiger partial charge is 0.311 e. The van der Waals surface area contributed by atoms with E-state index < -0.39 is 11.9 Å². The monoisotopic (exact) mass is 332 g/mol. The topological polar surface area (TPSA) is 55.8 Å². The Morgan fingerprint density at radius 2 is 2.19 bits per heavy atom. The van der Waals surface area contributed by atoms with Gasteiger partial charge in [-0.25, -0.2) is 0 Å². The average Bonchev–Trinajstić information content (AvgIpc) is 2.47. The molecular formula is C15H18Cl2O4. The maximum absolute atomic E-state index is 11.4. The van der Waals surface area contributed by atoms with Crippen LogP contribution in [0.4, 0.5) is 0 Å². The van der Waals surface area contributed by atoms with Gasteiger partial charge in [0.1, 0.15) is 0 Å². The molecule has 0 saturated carbocycles. The maximum Gasteiger partial charge on any atom is 0.311 e. The second-order valence-electron chi connectivity index (χ2n) is 5.02. The third kappa shape index (κ3) is 4.85. The van der Waals surface area contributed by atoms with Gasteiger partial charge >= 0.3 is 5.97 Å². The van der Waals surface area contributed by atoms with E-state index in [1.165, 1.54) is 0 Å². The molecule has 1 aromatic rings. The summed E-state index contributed by atoms with van der Waals surface area (Å²) in [7, 11) is 0. The molecule has 2 rings (SSSR count). The lowest BCUT2D eigenvalue weighted by molar-refractivity contribution is -0.165. The molecule has 0 aliphatic carbocycles. The van der Waals surface area contributed by atoms with Gasteiger partial charge in [-0.1, -0.05) is 29.3 Å². The molecule has 1 aliphatic rings. The first-order valence-electron chi connectivity index (χ1n) is 6.99. The molecule has 6 heteroatoms. The summed E-state index contributed by atoms with van der Waals surface area (Å²) < 4.78 is 11.0. The van der Waals surface area contributed by atoms with Crippen molar-refractivity contribution in [3.63, 3.8) is 0 Å². The van der Waals surface area contributed by atoms with Gasteiger partial charge in [-0.05, 0) is 43.4 Å². The van der Waals surface area contributed by atoms with Crippen molar-refractivity contribution in [3.05, 3.63) is 33.8 Å². The summed E-state index contributed by atoms with van der Waals surface area (Å²) in [5.74, 6) is -1.56. The normalized spacial score (nSPS) is 20.2. The van der Waals surface area contributed by atoms with E-state index in [-0.39, 0.29) is 6.29 Å². The molecule has 0 spiro atoms. The largest absolute Gasteiger partial charge is 0.481 e. The third-order valence-corrected chi connectivity index (χ3v) is 4.23. The van der Waals surface area contributed by atoms with Crippen LogP contribution in [0.1, 0.15) is 37.2 Å². The van der Waals surface area contributed by atoms with E-state index in [2.05, 4.69) is 0 Å². The Balaban J connectivity index is 1.92. The van der Waals surface area contributed by atoms with Crippen molar-refractivity contribution in [1.82, 2.24) is 0 Å². The highest BCUT2D eigenvalue weighted by Gasteiger charge is 2.22. The number of hydrogen-bond donors (Lipinski definition) is 1. The summed E-state index contributed by atoms with van der Waals surface area (Å²) in [5.41, 5.74) is 0.630. The van der Waals surface area contributed by atoms with Crippen LogP contribution in [-0.2, 0) is 14.3 Å². The maximum atomic E-state index is 11.4. The second kappa shape index (κ2) is 7.99.